The van der Waals surface area contributed by atoms with Crippen molar-refractivity contribution in [2.24, 2.45) is 5.92 Å². The second kappa shape index (κ2) is 6.58. The number of carbonyl (C=O) groups is 1. The Morgan fingerprint density at radius 1 is 1.19 bits per heavy atom. The molecule has 2 aliphatic heterocycles. The van der Waals surface area contributed by atoms with E-state index in [1.54, 1.807) is 0 Å². The summed E-state index contributed by atoms with van der Waals surface area (Å²) in [6.07, 6.45) is 2.12. The zero-order chi connectivity index (χ0) is 14.7. The van der Waals surface area contributed by atoms with E-state index in [-0.39, 0.29) is 6.04 Å². The van der Waals surface area contributed by atoms with E-state index in [0.717, 1.165) is 39.1 Å². The molecule has 4 nitrogen and oxygen atoms in total. The monoisotopic (exact) mass is 288 g/mol. The molecular weight excluding hydrogens is 264 g/mol. The van der Waals surface area contributed by atoms with E-state index in [0.29, 0.717) is 18.4 Å². The van der Waals surface area contributed by atoms with E-state index < -0.39 is 0 Å². The van der Waals surface area contributed by atoms with E-state index in [2.05, 4.69) is 17.0 Å². The van der Waals surface area contributed by atoms with Gasteiger partial charge in [0.25, 0.3) is 0 Å². The van der Waals surface area contributed by atoms with Crippen LogP contribution in [0.2, 0.25) is 0 Å². The lowest BCUT2D eigenvalue weighted by atomic mass is 10.1. The first-order valence-corrected chi connectivity index (χ1v) is 7.85. The quantitative estimate of drug-likeness (QED) is 0.827. The number of hydrogen-bond acceptors (Lipinski definition) is 3. The molecule has 0 saturated carbocycles. The Hall–Kier alpha value is -1.39. The molecule has 0 N–H and O–H groups in total. The van der Waals surface area contributed by atoms with E-state index >= 15 is 0 Å². The fourth-order valence-electron chi connectivity index (χ4n) is 3.34. The molecule has 2 aliphatic rings. The molecular formula is C17H24N2O2. The maximum atomic E-state index is 12.1. The average Bonchev–Trinajstić information content (AvgIpc) is 3.08. The Morgan fingerprint density at radius 2 is 2.00 bits per heavy atom. The summed E-state index contributed by atoms with van der Waals surface area (Å²) in [4.78, 5) is 16.3. The van der Waals surface area contributed by atoms with Gasteiger partial charge in [-0.25, -0.2) is 0 Å². The van der Waals surface area contributed by atoms with Crippen LogP contribution in [0.25, 0.3) is 0 Å². The Balaban J connectivity index is 1.42. The molecule has 2 heterocycles. The molecule has 3 rings (SSSR count). The maximum Gasteiger partial charge on any atom is 0.239 e. The fraction of sp³-hybridized carbons (Fsp3) is 0.588. The van der Waals surface area contributed by atoms with Crippen molar-refractivity contribution >= 4 is 5.91 Å². The number of likely N-dealkylation sites (N-methyl/N-ethyl adjacent to an activating group) is 1. The third-order valence-corrected chi connectivity index (χ3v) is 4.62. The minimum atomic E-state index is 0.120. The standard InChI is InChI=1S/C17H24N2O2/c1-18-9-8-16(17(18)20)19-10-7-15(11-19)13-21-12-14-5-3-2-4-6-14/h2-6,15-16H,7-13H2,1H3/t15-,16-/m0/s1. The number of rotatable bonds is 5. The van der Waals surface area contributed by atoms with Gasteiger partial charge in [0.2, 0.25) is 5.91 Å². The first-order valence-electron chi connectivity index (χ1n) is 7.85. The fourth-order valence-corrected chi connectivity index (χ4v) is 3.34. The Bertz CT molecular complexity index is 477. The predicted molar refractivity (Wildman–Crippen MR) is 81.8 cm³/mol. The second-order valence-corrected chi connectivity index (χ2v) is 6.21. The van der Waals surface area contributed by atoms with Crippen LogP contribution in [0, 0.1) is 5.92 Å². The largest absolute Gasteiger partial charge is 0.376 e. The number of nitrogens with zero attached hydrogens (tertiary/aromatic N) is 2. The number of hydrogen-bond donors (Lipinski definition) is 0. The lowest BCUT2D eigenvalue weighted by Gasteiger charge is -2.22. The van der Waals surface area contributed by atoms with E-state index in [9.17, 15) is 4.79 Å². The highest BCUT2D eigenvalue weighted by molar-refractivity contribution is 5.83. The zero-order valence-electron chi connectivity index (χ0n) is 12.7. The van der Waals surface area contributed by atoms with Gasteiger partial charge in [0.1, 0.15) is 0 Å². The van der Waals surface area contributed by atoms with Gasteiger partial charge in [0.15, 0.2) is 0 Å². The molecule has 0 spiro atoms. The van der Waals surface area contributed by atoms with Crippen molar-refractivity contribution in [3.05, 3.63) is 35.9 Å². The minimum Gasteiger partial charge on any atom is -0.376 e. The molecule has 1 amide bonds. The van der Waals surface area contributed by atoms with Crippen LogP contribution in [0.1, 0.15) is 18.4 Å². The molecule has 0 aliphatic carbocycles. The molecule has 1 aromatic rings. The molecule has 1 aromatic carbocycles. The van der Waals surface area contributed by atoms with Crippen molar-refractivity contribution < 1.29 is 9.53 Å². The third-order valence-electron chi connectivity index (χ3n) is 4.62. The van der Waals surface area contributed by atoms with Crippen molar-refractivity contribution in [1.82, 2.24) is 9.80 Å². The third kappa shape index (κ3) is 3.44. The predicted octanol–water partition coefficient (Wildman–Crippen LogP) is 1.76. The molecule has 0 radical (unpaired) electrons. The topological polar surface area (TPSA) is 32.8 Å². The number of benzene rings is 1. The van der Waals surface area contributed by atoms with E-state index in [1.807, 2.05) is 30.1 Å². The van der Waals surface area contributed by atoms with Crippen molar-refractivity contribution in [2.75, 3.05) is 33.3 Å². The van der Waals surface area contributed by atoms with Gasteiger partial charge >= 0.3 is 0 Å². The van der Waals surface area contributed by atoms with E-state index in [1.165, 1.54) is 5.56 Å². The van der Waals surface area contributed by atoms with Crippen molar-refractivity contribution in [3.8, 4) is 0 Å². The summed E-state index contributed by atoms with van der Waals surface area (Å²) in [5.74, 6) is 0.855. The van der Waals surface area contributed by atoms with Gasteiger partial charge in [-0.3, -0.25) is 9.69 Å². The molecule has 0 unspecified atom stereocenters. The molecule has 0 bridgehead atoms. The summed E-state index contributed by atoms with van der Waals surface area (Å²) in [7, 11) is 1.90. The van der Waals surface area contributed by atoms with Crippen LogP contribution >= 0.6 is 0 Å². The number of amides is 1. The average molecular weight is 288 g/mol. The zero-order valence-corrected chi connectivity index (χ0v) is 12.7. The lowest BCUT2D eigenvalue weighted by molar-refractivity contribution is -0.130. The van der Waals surface area contributed by atoms with Gasteiger partial charge in [0, 0.05) is 20.1 Å². The van der Waals surface area contributed by atoms with Crippen LogP contribution in [0.5, 0.6) is 0 Å². The lowest BCUT2D eigenvalue weighted by Crippen LogP contribution is -2.39. The van der Waals surface area contributed by atoms with Crippen LogP contribution < -0.4 is 0 Å². The summed E-state index contributed by atoms with van der Waals surface area (Å²) in [6, 6.07) is 10.4. The summed E-state index contributed by atoms with van der Waals surface area (Å²) in [6.45, 7) is 4.41. The summed E-state index contributed by atoms with van der Waals surface area (Å²) in [5.41, 5.74) is 1.22. The summed E-state index contributed by atoms with van der Waals surface area (Å²) in [5, 5.41) is 0. The molecule has 2 atom stereocenters. The molecule has 114 valence electrons. The van der Waals surface area contributed by atoms with Crippen LogP contribution in [-0.4, -0.2) is 55.0 Å². The number of carbonyl (C=O) groups excluding carboxylic acids is 1. The highest BCUT2D eigenvalue weighted by Gasteiger charge is 2.37. The molecule has 2 saturated heterocycles. The van der Waals surface area contributed by atoms with Crippen LogP contribution in [-0.2, 0) is 16.1 Å². The van der Waals surface area contributed by atoms with E-state index in [4.69, 9.17) is 4.74 Å². The number of likely N-dealkylation sites (tertiary alicyclic amines) is 2. The van der Waals surface area contributed by atoms with Crippen LogP contribution in [0.3, 0.4) is 0 Å². The molecule has 4 heteroatoms. The Morgan fingerprint density at radius 3 is 2.71 bits per heavy atom. The highest BCUT2D eigenvalue weighted by atomic mass is 16.5. The molecule has 21 heavy (non-hydrogen) atoms. The van der Waals surface area contributed by atoms with Crippen molar-refractivity contribution in [2.45, 2.75) is 25.5 Å². The van der Waals surface area contributed by atoms with Gasteiger partial charge in [-0.05, 0) is 30.9 Å². The Labute approximate surface area is 126 Å². The van der Waals surface area contributed by atoms with Crippen LogP contribution in [0.4, 0.5) is 0 Å². The molecule has 0 aromatic heterocycles. The first kappa shape index (κ1) is 14.5. The van der Waals surface area contributed by atoms with Crippen molar-refractivity contribution in [1.29, 1.82) is 0 Å². The maximum absolute atomic E-state index is 12.1. The Kier molecular flexibility index (Phi) is 4.56. The summed E-state index contributed by atoms with van der Waals surface area (Å²) >= 11 is 0. The first-order chi connectivity index (χ1) is 10.2. The van der Waals surface area contributed by atoms with Gasteiger partial charge in [-0.1, -0.05) is 30.3 Å². The highest BCUT2D eigenvalue weighted by Crippen LogP contribution is 2.24. The second-order valence-electron chi connectivity index (χ2n) is 6.21. The van der Waals surface area contributed by atoms with Crippen molar-refractivity contribution in [3.63, 3.8) is 0 Å². The van der Waals surface area contributed by atoms with Gasteiger partial charge in [-0.2, -0.15) is 0 Å². The smallest absolute Gasteiger partial charge is 0.239 e. The summed E-state index contributed by atoms with van der Waals surface area (Å²) < 4.78 is 5.84. The minimum absolute atomic E-state index is 0.120. The molecule has 2 fully saturated rings. The van der Waals surface area contributed by atoms with Crippen LogP contribution in [0.15, 0.2) is 30.3 Å². The normalized spacial score (nSPS) is 26.7. The van der Waals surface area contributed by atoms with Gasteiger partial charge < -0.3 is 9.64 Å². The number of ether oxygens (including phenoxy) is 1. The van der Waals surface area contributed by atoms with Gasteiger partial charge in [-0.15, -0.1) is 0 Å². The van der Waals surface area contributed by atoms with Gasteiger partial charge in [0.05, 0.1) is 19.3 Å². The SMILES string of the molecule is CN1CC[C@H](N2CC[C@H](COCc3ccccc3)C2)C1=O.